The summed E-state index contributed by atoms with van der Waals surface area (Å²) in [5, 5.41) is 14.7. The minimum Gasteiger partial charge on any atom is -0.475 e. The standard InChI is InChI=1S/C8H6BrN3O5S/c9-7-5(3-4(17-7)8(13)14)18(15,16)12-6-1-2-10-11-6/h1-3H,(H,13,14)(H2,10,11,12). The van der Waals surface area contributed by atoms with E-state index < -0.39 is 21.8 Å². The van der Waals surface area contributed by atoms with E-state index in [4.69, 9.17) is 9.52 Å². The van der Waals surface area contributed by atoms with E-state index in [-0.39, 0.29) is 15.4 Å². The first kappa shape index (κ1) is 12.6. The topological polar surface area (TPSA) is 125 Å². The zero-order valence-corrected chi connectivity index (χ0v) is 10.9. The van der Waals surface area contributed by atoms with Crippen LogP contribution >= 0.6 is 15.9 Å². The van der Waals surface area contributed by atoms with Crippen LogP contribution in [0.25, 0.3) is 0 Å². The number of rotatable bonds is 4. The van der Waals surface area contributed by atoms with E-state index in [0.29, 0.717) is 0 Å². The van der Waals surface area contributed by atoms with Crippen LogP contribution in [0.5, 0.6) is 0 Å². The van der Waals surface area contributed by atoms with E-state index in [1.54, 1.807) is 0 Å². The molecule has 0 saturated heterocycles. The SMILES string of the molecule is O=C(O)c1cc(S(=O)(=O)Nc2ccn[nH]2)c(Br)o1. The normalized spacial score (nSPS) is 11.4. The zero-order chi connectivity index (χ0) is 13.3. The highest BCUT2D eigenvalue weighted by Crippen LogP contribution is 2.27. The molecule has 0 fully saturated rings. The molecule has 2 aromatic rings. The summed E-state index contributed by atoms with van der Waals surface area (Å²) in [4.78, 5) is 10.4. The molecule has 2 heterocycles. The Hall–Kier alpha value is -1.81. The smallest absolute Gasteiger partial charge is 0.371 e. The fourth-order valence-corrected chi connectivity index (χ4v) is 3.11. The second kappa shape index (κ2) is 4.46. The highest BCUT2D eigenvalue weighted by atomic mass is 79.9. The lowest BCUT2D eigenvalue weighted by Gasteiger charge is -2.02. The summed E-state index contributed by atoms with van der Waals surface area (Å²) in [6, 6.07) is 2.31. The van der Waals surface area contributed by atoms with Gasteiger partial charge in [0.2, 0.25) is 5.76 Å². The van der Waals surface area contributed by atoms with Crippen LogP contribution in [0.15, 0.2) is 32.3 Å². The molecule has 0 aromatic carbocycles. The van der Waals surface area contributed by atoms with Gasteiger partial charge in [-0.15, -0.1) is 0 Å². The van der Waals surface area contributed by atoms with Gasteiger partial charge in [-0.3, -0.25) is 9.82 Å². The zero-order valence-electron chi connectivity index (χ0n) is 8.55. The number of anilines is 1. The number of H-pyrrole nitrogens is 1. The Morgan fingerprint density at radius 3 is 2.78 bits per heavy atom. The van der Waals surface area contributed by atoms with Crippen molar-refractivity contribution in [3.05, 3.63) is 28.8 Å². The quantitative estimate of drug-likeness (QED) is 0.772. The number of nitrogens with one attached hydrogen (secondary N) is 2. The molecule has 10 heteroatoms. The number of aromatic amines is 1. The largest absolute Gasteiger partial charge is 0.475 e. The first-order valence-corrected chi connectivity index (χ1v) is 6.72. The van der Waals surface area contributed by atoms with Gasteiger partial charge in [-0.1, -0.05) is 0 Å². The number of carboxylic acids is 1. The summed E-state index contributed by atoms with van der Waals surface area (Å²) >= 11 is 2.85. The van der Waals surface area contributed by atoms with Crippen molar-refractivity contribution in [2.45, 2.75) is 4.90 Å². The summed E-state index contributed by atoms with van der Waals surface area (Å²) in [7, 11) is -3.95. The van der Waals surface area contributed by atoms with Crippen molar-refractivity contribution in [1.82, 2.24) is 10.2 Å². The van der Waals surface area contributed by atoms with Crippen molar-refractivity contribution in [3.63, 3.8) is 0 Å². The molecule has 0 aliphatic rings. The van der Waals surface area contributed by atoms with Gasteiger partial charge in [-0.25, -0.2) is 13.2 Å². The molecule has 0 radical (unpaired) electrons. The van der Waals surface area contributed by atoms with E-state index in [1.165, 1.54) is 12.3 Å². The minimum atomic E-state index is -3.95. The van der Waals surface area contributed by atoms with E-state index in [0.717, 1.165) is 6.07 Å². The third-order valence-electron chi connectivity index (χ3n) is 1.90. The Labute approximate surface area is 109 Å². The van der Waals surface area contributed by atoms with Crippen LogP contribution in [0.2, 0.25) is 0 Å². The fourth-order valence-electron chi connectivity index (χ4n) is 1.15. The van der Waals surface area contributed by atoms with E-state index in [1.807, 2.05) is 0 Å². The van der Waals surface area contributed by atoms with Crippen LogP contribution in [0.1, 0.15) is 10.6 Å². The van der Waals surface area contributed by atoms with Crippen LogP contribution < -0.4 is 4.72 Å². The molecule has 0 saturated carbocycles. The average Bonchev–Trinajstić information content (AvgIpc) is 2.86. The number of carboxylic acid groups (broad SMARTS) is 1. The number of hydrogen-bond acceptors (Lipinski definition) is 5. The maximum Gasteiger partial charge on any atom is 0.371 e. The van der Waals surface area contributed by atoms with Gasteiger partial charge in [0, 0.05) is 12.1 Å². The molecule has 0 amide bonds. The lowest BCUT2D eigenvalue weighted by atomic mass is 10.5. The summed E-state index contributed by atoms with van der Waals surface area (Å²) in [6.07, 6.45) is 1.37. The van der Waals surface area contributed by atoms with Crippen LogP contribution in [-0.4, -0.2) is 29.7 Å². The van der Waals surface area contributed by atoms with E-state index >= 15 is 0 Å². The number of aromatic carboxylic acids is 1. The number of aromatic nitrogens is 2. The predicted octanol–water partition coefficient (Wildman–Crippen LogP) is 1.26. The number of furan rings is 1. The van der Waals surface area contributed by atoms with Gasteiger partial charge in [0.25, 0.3) is 10.0 Å². The minimum absolute atomic E-state index is 0.153. The van der Waals surface area contributed by atoms with Gasteiger partial charge >= 0.3 is 5.97 Å². The number of sulfonamides is 1. The molecule has 0 spiro atoms. The van der Waals surface area contributed by atoms with Crippen molar-refractivity contribution < 1.29 is 22.7 Å². The number of nitrogens with zero attached hydrogens (tertiary/aromatic N) is 1. The van der Waals surface area contributed by atoms with Gasteiger partial charge in [-0.2, -0.15) is 5.10 Å². The molecular formula is C8H6BrN3O5S. The molecule has 96 valence electrons. The van der Waals surface area contributed by atoms with Gasteiger partial charge in [-0.05, 0) is 15.9 Å². The molecule has 0 atom stereocenters. The Morgan fingerprint density at radius 1 is 1.56 bits per heavy atom. The Morgan fingerprint density at radius 2 is 2.28 bits per heavy atom. The molecule has 2 rings (SSSR count). The molecule has 0 bridgehead atoms. The molecule has 0 aliphatic heterocycles. The van der Waals surface area contributed by atoms with Crippen molar-refractivity contribution >= 4 is 37.7 Å². The summed E-state index contributed by atoms with van der Waals surface area (Å²) in [6.45, 7) is 0. The number of hydrogen-bond donors (Lipinski definition) is 3. The van der Waals surface area contributed by atoms with Crippen LogP contribution in [0.4, 0.5) is 5.82 Å². The number of carbonyl (C=O) groups is 1. The Bertz CT molecular complexity index is 676. The first-order chi connectivity index (χ1) is 8.40. The molecule has 8 nitrogen and oxygen atoms in total. The van der Waals surface area contributed by atoms with Gasteiger partial charge in [0.05, 0.1) is 6.20 Å². The Kier molecular flexibility index (Phi) is 3.13. The average molecular weight is 336 g/mol. The second-order valence-corrected chi connectivity index (χ2v) is 5.50. The van der Waals surface area contributed by atoms with Crippen LogP contribution in [-0.2, 0) is 10.0 Å². The maximum atomic E-state index is 11.9. The lowest BCUT2D eigenvalue weighted by molar-refractivity contribution is 0.0661. The Balaban J connectivity index is 2.38. The highest BCUT2D eigenvalue weighted by molar-refractivity contribution is 9.10. The van der Waals surface area contributed by atoms with Gasteiger partial charge in [0.1, 0.15) is 10.7 Å². The molecule has 0 unspecified atom stereocenters. The monoisotopic (exact) mass is 335 g/mol. The molecular weight excluding hydrogens is 330 g/mol. The molecule has 18 heavy (non-hydrogen) atoms. The van der Waals surface area contributed by atoms with E-state index in [9.17, 15) is 13.2 Å². The van der Waals surface area contributed by atoms with Crippen LogP contribution in [0.3, 0.4) is 0 Å². The number of halogens is 1. The lowest BCUT2D eigenvalue weighted by Crippen LogP contribution is -2.13. The third kappa shape index (κ3) is 2.38. The second-order valence-electron chi connectivity index (χ2n) is 3.13. The molecule has 3 N–H and O–H groups in total. The van der Waals surface area contributed by atoms with Crippen molar-refractivity contribution in [1.29, 1.82) is 0 Å². The third-order valence-corrected chi connectivity index (χ3v) is 4.12. The molecule has 0 aliphatic carbocycles. The predicted molar refractivity (Wildman–Crippen MR) is 62.8 cm³/mol. The van der Waals surface area contributed by atoms with Gasteiger partial charge in [0.15, 0.2) is 4.67 Å². The summed E-state index contributed by atoms with van der Waals surface area (Å²) < 4.78 is 30.6. The maximum absolute atomic E-state index is 11.9. The summed E-state index contributed by atoms with van der Waals surface area (Å²) in [5.74, 6) is -1.69. The van der Waals surface area contributed by atoms with Crippen molar-refractivity contribution in [3.8, 4) is 0 Å². The van der Waals surface area contributed by atoms with E-state index in [2.05, 4.69) is 30.8 Å². The van der Waals surface area contributed by atoms with Crippen LogP contribution in [0, 0.1) is 0 Å². The summed E-state index contributed by atoms with van der Waals surface area (Å²) in [5.41, 5.74) is 0. The highest BCUT2D eigenvalue weighted by Gasteiger charge is 2.25. The van der Waals surface area contributed by atoms with Crippen molar-refractivity contribution in [2.75, 3.05) is 4.72 Å². The van der Waals surface area contributed by atoms with Crippen molar-refractivity contribution in [2.24, 2.45) is 0 Å². The van der Waals surface area contributed by atoms with Gasteiger partial charge < -0.3 is 9.52 Å². The fraction of sp³-hybridized carbons (Fsp3) is 0. The first-order valence-electron chi connectivity index (χ1n) is 4.45. The molecule has 2 aromatic heterocycles.